The smallest absolute Gasteiger partial charge is 0.282 e. The Morgan fingerprint density at radius 3 is 2.58 bits per heavy atom. The van der Waals surface area contributed by atoms with Crippen molar-refractivity contribution < 1.29 is 9.72 Å². The van der Waals surface area contributed by atoms with E-state index in [0.717, 1.165) is 12.1 Å². The number of nitrogens with one attached hydrogen (secondary N) is 1. The summed E-state index contributed by atoms with van der Waals surface area (Å²) < 4.78 is -0.0896. The van der Waals surface area contributed by atoms with Gasteiger partial charge in [-0.1, -0.05) is 53.0 Å². The fraction of sp³-hybridized carbons (Fsp3) is 0.400. The highest BCUT2D eigenvalue weighted by molar-refractivity contribution is 6.68. The number of hydrogen-bond donors (Lipinski definition) is 1. The van der Waals surface area contributed by atoms with Crippen molar-refractivity contribution >= 4 is 46.4 Å². The maximum Gasteiger partial charge on any atom is 0.282 e. The van der Waals surface area contributed by atoms with E-state index in [0.29, 0.717) is 19.6 Å². The van der Waals surface area contributed by atoms with Crippen LogP contribution in [0.3, 0.4) is 0 Å². The number of para-hydroxylation sites is 1. The van der Waals surface area contributed by atoms with Crippen LogP contribution in [-0.2, 0) is 6.54 Å². The molecule has 0 saturated carbocycles. The third-order valence-corrected chi connectivity index (χ3v) is 6.42. The normalized spacial score (nSPS) is 21.8. The molecule has 1 aromatic carbocycles. The van der Waals surface area contributed by atoms with Gasteiger partial charge in [0.05, 0.1) is 4.92 Å². The SMILES string of the molecule is O=C(NC(N1C[C@@H]2C[C@H](C1)c1cccc(=O)n1C2)C(Cl)(Cl)Cl)c1ccccc1[N+](=O)[O-]. The molecule has 2 aliphatic heterocycles. The highest BCUT2D eigenvalue weighted by atomic mass is 35.6. The highest BCUT2D eigenvalue weighted by Crippen LogP contribution is 2.40. The summed E-state index contributed by atoms with van der Waals surface area (Å²) in [6.45, 7) is 1.52. The number of nitro groups is 1. The Balaban J connectivity index is 1.61. The van der Waals surface area contributed by atoms with Crippen molar-refractivity contribution in [2.75, 3.05) is 13.1 Å². The summed E-state index contributed by atoms with van der Waals surface area (Å²) in [6.07, 6.45) is -0.109. The van der Waals surface area contributed by atoms with Gasteiger partial charge in [-0.15, -0.1) is 0 Å². The number of fused-ring (bicyclic) bond motifs is 4. The summed E-state index contributed by atoms with van der Waals surface area (Å²) in [5.41, 5.74) is 0.442. The Morgan fingerprint density at radius 2 is 1.87 bits per heavy atom. The lowest BCUT2D eigenvalue weighted by molar-refractivity contribution is -0.385. The number of hydrogen-bond acceptors (Lipinski definition) is 5. The molecular weight excluding hydrogens is 467 g/mol. The van der Waals surface area contributed by atoms with Crippen molar-refractivity contribution in [1.29, 1.82) is 0 Å². The van der Waals surface area contributed by atoms with E-state index in [-0.39, 0.29) is 28.6 Å². The summed E-state index contributed by atoms with van der Waals surface area (Å²) in [7, 11) is 0. The lowest BCUT2D eigenvalue weighted by Gasteiger charge is -2.47. The molecule has 1 aromatic heterocycles. The third-order valence-electron chi connectivity index (χ3n) is 5.80. The molecule has 2 aliphatic rings. The predicted octanol–water partition coefficient (Wildman–Crippen LogP) is 3.30. The van der Waals surface area contributed by atoms with E-state index in [1.54, 1.807) is 16.7 Å². The fourth-order valence-corrected chi connectivity index (χ4v) is 5.13. The molecule has 1 amide bonds. The van der Waals surface area contributed by atoms with Gasteiger partial charge in [-0.2, -0.15) is 0 Å². The van der Waals surface area contributed by atoms with Gasteiger partial charge in [0.1, 0.15) is 11.7 Å². The summed E-state index contributed by atoms with van der Waals surface area (Å²) in [4.78, 5) is 37.7. The Bertz CT molecular complexity index is 1080. The first-order valence-electron chi connectivity index (χ1n) is 9.70. The molecule has 1 saturated heterocycles. The number of nitrogens with zero attached hydrogens (tertiary/aromatic N) is 3. The minimum atomic E-state index is -1.87. The summed E-state index contributed by atoms with van der Waals surface area (Å²) in [6, 6.07) is 10.8. The molecule has 4 rings (SSSR count). The molecule has 0 aliphatic carbocycles. The molecule has 2 aromatic rings. The number of nitro benzene ring substituents is 1. The number of alkyl halides is 3. The molecule has 3 atom stereocenters. The van der Waals surface area contributed by atoms with Gasteiger partial charge in [0, 0.05) is 43.4 Å². The van der Waals surface area contributed by atoms with E-state index >= 15 is 0 Å². The zero-order valence-corrected chi connectivity index (χ0v) is 18.5. The summed E-state index contributed by atoms with van der Waals surface area (Å²) in [5, 5.41) is 14.0. The van der Waals surface area contributed by atoms with Gasteiger partial charge < -0.3 is 9.88 Å². The second kappa shape index (κ2) is 8.43. The van der Waals surface area contributed by atoms with Crippen LogP contribution >= 0.6 is 34.8 Å². The van der Waals surface area contributed by atoms with E-state index in [4.69, 9.17) is 34.8 Å². The van der Waals surface area contributed by atoms with Crippen LogP contribution in [0.25, 0.3) is 0 Å². The van der Waals surface area contributed by atoms with Crippen molar-refractivity contribution in [3.63, 3.8) is 0 Å². The van der Waals surface area contributed by atoms with Gasteiger partial charge in [-0.3, -0.25) is 24.6 Å². The van der Waals surface area contributed by atoms with Crippen LogP contribution in [0, 0.1) is 16.0 Å². The topological polar surface area (TPSA) is 97.5 Å². The zero-order chi connectivity index (χ0) is 22.3. The molecule has 31 heavy (non-hydrogen) atoms. The van der Waals surface area contributed by atoms with Gasteiger partial charge in [0.25, 0.3) is 17.2 Å². The molecule has 11 heteroatoms. The number of likely N-dealkylation sites (tertiary alicyclic amines) is 1. The van der Waals surface area contributed by atoms with Crippen LogP contribution in [0.1, 0.15) is 28.4 Å². The van der Waals surface area contributed by atoms with Gasteiger partial charge in [-0.05, 0) is 24.5 Å². The molecule has 1 N–H and O–H groups in total. The number of amides is 1. The molecule has 164 valence electrons. The second-order valence-corrected chi connectivity index (χ2v) is 10.2. The molecule has 8 nitrogen and oxygen atoms in total. The molecule has 1 fully saturated rings. The van der Waals surface area contributed by atoms with Crippen molar-refractivity contribution in [1.82, 2.24) is 14.8 Å². The Kier molecular flexibility index (Phi) is 6.00. The van der Waals surface area contributed by atoms with Gasteiger partial charge in [0.15, 0.2) is 0 Å². The average molecular weight is 486 g/mol. The number of pyridine rings is 1. The number of carbonyl (C=O) groups excluding carboxylic acids is 1. The lowest BCUT2D eigenvalue weighted by atomic mass is 9.83. The first-order chi connectivity index (χ1) is 14.6. The Morgan fingerprint density at radius 1 is 1.13 bits per heavy atom. The zero-order valence-electron chi connectivity index (χ0n) is 16.2. The number of halogens is 3. The van der Waals surface area contributed by atoms with Crippen LogP contribution in [0.15, 0.2) is 47.3 Å². The summed E-state index contributed by atoms with van der Waals surface area (Å²) >= 11 is 18.7. The molecule has 0 radical (unpaired) electrons. The van der Waals surface area contributed by atoms with Crippen LogP contribution in [0.2, 0.25) is 0 Å². The quantitative estimate of drug-likeness (QED) is 0.407. The van der Waals surface area contributed by atoms with Crippen LogP contribution in [0.5, 0.6) is 0 Å². The predicted molar refractivity (Wildman–Crippen MR) is 118 cm³/mol. The second-order valence-electron chi connectivity index (χ2n) is 7.84. The first-order valence-corrected chi connectivity index (χ1v) is 10.8. The maximum atomic E-state index is 12.9. The van der Waals surface area contributed by atoms with Gasteiger partial charge >= 0.3 is 0 Å². The van der Waals surface area contributed by atoms with Crippen LogP contribution in [0.4, 0.5) is 5.69 Å². The molecule has 2 bridgehead atoms. The van der Waals surface area contributed by atoms with E-state index in [2.05, 4.69) is 5.32 Å². The number of rotatable bonds is 4. The van der Waals surface area contributed by atoms with Gasteiger partial charge in [0.2, 0.25) is 3.79 Å². The molecule has 1 unspecified atom stereocenters. The third kappa shape index (κ3) is 4.43. The lowest BCUT2D eigenvalue weighted by Crippen LogP contribution is -2.60. The molecular formula is C20H19Cl3N4O4. The van der Waals surface area contributed by atoms with Crippen LogP contribution in [-0.4, -0.2) is 43.3 Å². The van der Waals surface area contributed by atoms with E-state index < -0.39 is 20.8 Å². The number of piperidine rings is 1. The maximum absolute atomic E-state index is 12.9. The summed E-state index contributed by atoms with van der Waals surface area (Å²) in [5.74, 6) is -0.514. The molecule has 3 heterocycles. The minimum Gasteiger partial charge on any atom is -0.332 e. The van der Waals surface area contributed by atoms with Crippen LogP contribution < -0.4 is 10.9 Å². The largest absolute Gasteiger partial charge is 0.332 e. The Hall–Kier alpha value is -2.13. The number of aromatic nitrogens is 1. The number of benzene rings is 1. The minimum absolute atomic E-state index is 0.0386. The van der Waals surface area contributed by atoms with Crippen molar-refractivity contribution in [3.05, 3.63) is 74.2 Å². The molecule has 0 spiro atoms. The van der Waals surface area contributed by atoms with Crippen molar-refractivity contribution in [3.8, 4) is 0 Å². The van der Waals surface area contributed by atoms with E-state index in [1.807, 2.05) is 11.0 Å². The Labute approximate surface area is 192 Å². The van der Waals surface area contributed by atoms with E-state index in [9.17, 15) is 19.7 Å². The van der Waals surface area contributed by atoms with Crippen molar-refractivity contribution in [2.45, 2.75) is 28.8 Å². The fourth-order valence-electron chi connectivity index (χ4n) is 4.55. The average Bonchev–Trinajstić information content (AvgIpc) is 2.71. The monoisotopic (exact) mass is 484 g/mol. The number of carbonyl (C=O) groups is 1. The van der Waals surface area contributed by atoms with Gasteiger partial charge in [-0.25, -0.2) is 0 Å². The first kappa shape index (κ1) is 22.1. The van der Waals surface area contributed by atoms with Crippen molar-refractivity contribution in [2.24, 2.45) is 5.92 Å². The van der Waals surface area contributed by atoms with E-state index in [1.165, 1.54) is 24.3 Å². The highest BCUT2D eigenvalue weighted by Gasteiger charge is 2.44. The standard InChI is InChI=1S/C20H19Cl3N4O4/c21-20(22,23)19(24-18(29)14-4-1-2-5-16(14)27(30)31)25-9-12-8-13(11-25)15-6-3-7-17(28)26(15)10-12/h1-7,12-13,19H,8-11H2,(H,24,29)/t12-,13+,19?/m0/s1.